The smallest absolute Gasteiger partial charge is 0.296 e. The molecule has 12 heteroatoms. The molecule has 4 aromatic heterocycles. The highest BCUT2D eigenvalue weighted by Gasteiger charge is 2.17. The van der Waals surface area contributed by atoms with E-state index >= 15 is 0 Å². The second kappa shape index (κ2) is 11.5. The molecule has 0 fully saturated rings. The van der Waals surface area contributed by atoms with E-state index < -0.39 is 4.92 Å². The summed E-state index contributed by atoms with van der Waals surface area (Å²) in [5, 5.41) is 11.0. The molecule has 0 amide bonds. The van der Waals surface area contributed by atoms with Crippen molar-refractivity contribution in [2.24, 2.45) is 0 Å². The molecule has 10 nitrogen and oxygen atoms in total. The topological polar surface area (TPSA) is 139 Å². The Balaban J connectivity index is 0.000000192. The molecule has 0 aliphatic carbocycles. The van der Waals surface area contributed by atoms with E-state index in [0.717, 1.165) is 15.7 Å². The summed E-state index contributed by atoms with van der Waals surface area (Å²) in [5.74, 6) is 1.01. The third-order valence-electron chi connectivity index (χ3n) is 4.35. The Bertz CT molecular complexity index is 1290. The fourth-order valence-corrected chi connectivity index (χ4v) is 3.44. The molecule has 0 radical (unpaired) electrons. The molecule has 0 spiro atoms. The maximum Gasteiger partial charge on any atom is 0.296 e. The number of rotatable bonds is 5. The lowest BCUT2D eigenvalue weighted by Crippen LogP contribution is -1.95. The lowest BCUT2D eigenvalue weighted by molar-refractivity contribution is -0.384. The zero-order valence-corrected chi connectivity index (χ0v) is 21.1. The number of nitrogens with zero attached hydrogens (tertiary/aromatic N) is 5. The van der Waals surface area contributed by atoms with Gasteiger partial charge in [0.05, 0.1) is 30.5 Å². The predicted octanol–water partition coefficient (Wildman–Crippen LogP) is 5.32. The minimum Gasteiger partial charge on any atom is -0.481 e. The van der Waals surface area contributed by atoms with Gasteiger partial charge in [0.2, 0.25) is 11.8 Å². The second-order valence-electron chi connectivity index (χ2n) is 6.55. The Hall–Kier alpha value is -3.64. The fraction of sp³-hybridized carbons (Fsp3) is 0.0909. The summed E-state index contributed by atoms with van der Waals surface area (Å²) < 4.78 is 11.3. The van der Waals surface area contributed by atoms with Crippen LogP contribution in [0.2, 0.25) is 0 Å². The molecule has 4 rings (SSSR count). The van der Waals surface area contributed by atoms with Crippen molar-refractivity contribution in [2.45, 2.75) is 0 Å². The highest BCUT2D eigenvalue weighted by Crippen LogP contribution is 2.30. The van der Waals surface area contributed by atoms with Gasteiger partial charge in [-0.3, -0.25) is 15.1 Å². The number of hydrogen-bond donors (Lipinski definition) is 1. The van der Waals surface area contributed by atoms with Crippen LogP contribution < -0.4 is 15.2 Å². The number of nitro groups is 1. The highest BCUT2D eigenvalue weighted by molar-refractivity contribution is 9.10. The van der Waals surface area contributed by atoms with Crippen LogP contribution in [-0.2, 0) is 0 Å². The van der Waals surface area contributed by atoms with E-state index in [9.17, 15) is 10.1 Å². The standard InChI is InChI=1S/C11H8BrN3O3.C11H10BrN3O/c1-18-10-3-2-7(5-13-10)11-9(15(16)17)4-8(12)6-14-11;1-16-10-3-2-7(5-14-10)11-9(13)4-8(12)6-15-11/h2-6H,1H3;2-6H,13H2,1H3. The lowest BCUT2D eigenvalue weighted by Gasteiger charge is -2.05. The SMILES string of the molecule is COc1ccc(-c2ncc(Br)cc2N)cn1.COc1ccc(-c2ncc(Br)cc2[N+](=O)[O-])cn1. The molecule has 0 aliphatic rings. The first-order chi connectivity index (χ1) is 16.3. The number of anilines is 1. The molecule has 4 aromatic rings. The molecular weight excluding hydrogens is 572 g/mol. The van der Waals surface area contributed by atoms with Crippen LogP contribution >= 0.6 is 31.9 Å². The van der Waals surface area contributed by atoms with Crippen molar-refractivity contribution in [2.75, 3.05) is 20.0 Å². The van der Waals surface area contributed by atoms with E-state index in [0.29, 0.717) is 27.5 Å². The van der Waals surface area contributed by atoms with Crippen LogP contribution in [-0.4, -0.2) is 39.1 Å². The minimum atomic E-state index is -0.475. The van der Waals surface area contributed by atoms with Gasteiger partial charge >= 0.3 is 0 Å². The monoisotopic (exact) mass is 588 g/mol. The van der Waals surface area contributed by atoms with Gasteiger partial charge in [0.1, 0.15) is 5.69 Å². The summed E-state index contributed by atoms with van der Waals surface area (Å²) in [7, 11) is 3.08. The van der Waals surface area contributed by atoms with Gasteiger partial charge in [-0.05, 0) is 50.1 Å². The fourth-order valence-electron chi connectivity index (χ4n) is 2.77. The van der Waals surface area contributed by atoms with Crippen molar-refractivity contribution in [1.82, 2.24) is 19.9 Å². The minimum absolute atomic E-state index is 0.0728. The van der Waals surface area contributed by atoms with Gasteiger partial charge in [-0.25, -0.2) is 15.0 Å². The van der Waals surface area contributed by atoms with Crippen LogP contribution in [0.1, 0.15) is 0 Å². The molecule has 0 aromatic carbocycles. The van der Waals surface area contributed by atoms with E-state index in [1.165, 1.54) is 25.6 Å². The Morgan fingerprint density at radius 3 is 1.74 bits per heavy atom. The van der Waals surface area contributed by atoms with Crippen LogP contribution in [0, 0.1) is 10.1 Å². The van der Waals surface area contributed by atoms with Gasteiger partial charge in [-0.1, -0.05) is 0 Å². The average Bonchev–Trinajstić information content (AvgIpc) is 2.84. The molecule has 0 saturated heterocycles. The van der Waals surface area contributed by atoms with Crippen molar-refractivity contribution in [3.8, 4) is 34.3 Å². The van der Waals surface area contributed by atoms with Crippen LogP contribution in [0.15, 0.2) is 70.1 Å². The summed E-state index contributed by atoms with van der Waals surface area (Å²) in [6.07, 6.45) is 6.38. The van der Waals surface area contributed by atoms with Crippen LogP contribution in [0.3, 0.4) is 0 Å². The number of aromatic nitrogens is 4. The number of hydrogen-bond acceptors (Lipinski definition) is 9. The second-order valence-corrected chi connectivity index (χ2v) is 8.38. The maximum atomic E-state index is 11.0. The van der Waals surface area contributed by atoms with Gasteiger partial charge in [0.15, 0.2) is 0 Å². The number of methoxy groups -OCH3 is 2. The lowest BCUT2D eigenvalue weighted by atomic mass is 10.1. The number of ether oxygens (including phenoxy) is 2. The molecule has 0 unspecified atom stereocenters. The Kier molecular flexibility index (Phi) is 8.44. The van der Waals surface area contributed by atoms with E-state index in [1.54, 1.807) is 37.7 Å². The predicted molar refractivity (Wildman–Crippen MR) is 135 cm³/mol. The Morgan fingerprint density at radius 1 is 0.794 bits per heavy atom. The highest BCUT2D eigenvalue weighted by atomic mass is 79.9. The Morgan fingerprint density at radius 2 is 1.29 bits per heavy atom. The third-order valence-corrected chi connectivity index (χ3v) is 5.22. The van der Waals surface area contributed by atoms with Crippen molar-refractivity contribution < 1.29 is 14.4 Å². The van der Waals surface area contributed by atoms with Crippen molar-refractivity contribution in [1.29, 1.82) is 0 Å². The first kappa shape index (κ1) is 25.0. The van der Waals surface area contributed by atoms with Crippen LogP contribution in [0.5, 0.6) is 11.8 Å². The van der Waals surface area contributed by atoms with Gasteiger partial charge in [-0.15, -0.1) is 0 Å². The molecule has 34 heavy (non-hydrogen) atoms. The first-order valence-corrected chi connectivity index (χ1v) is 11.1. The van der Waals surface area contributed by atoms with E-state index in [-0.39, 0.29) is 11.4 Å². The molecule has 0 aliphatic heterocycles. The number of halogens is 2. The molecular formula is C22H18Br2N6O4. The average molecular weight is 590 g/mol. The summed E-state index contributed by atoms with van der Waals surface area (Å²) in [6.45, 7) is 0. The summed E-state index contributed by atoms with van der Waals surface area (Å²) >= 11 is 6.47. The van der Waals surface area contributed by atoms with Crippen molar-refractivity contribution >= 4 is 43.2 Å². The van der Waals surface area contributed by atoms with Crippen molar-refractivity contribution in [3.63, 3.8) is 0 Å². The number of nitrogen functional groups attached to an aromatic ring is 1. The van der Waals surface area contributed by atoms with Gasteiger partial charge in [0, 0.05) is 63.1 Å². The number of pyridine rings is 4. The normalized spacial score (nSPS) is 10.1. The molecule has 0 bridgehead atoms. The molecule has 2 N–H and O–H groups in total. The molecule has 0 atom stereocenters. The summed E-state index contributed by atoms with van der Waals surface area (Å²) in [4.78, 5) is 26.9. The van der Waals surface area contributed by atoms with E-state index in [4.69, 9.17) is 15.2 Å². The quantitative estimate of drug-likeness (QED) is 0.242. The largest absolute Gasteiger partial charge is 0.481 e. The zero-order valence-electron chi connectivity index (χ0n) is 18.0. The van der Waals surface area contributed by atoms with Crippen molar-refractivity contribution in [3.05, 3.63) is 80.2 Å². The Labute approximate surface area is 211 Å². The van der Waals surface area contributed by atoms with Gasteiger partial charge in [0.25, 0.3) is 5.69 Å². The first-order valence-electron chi connectivity index (χ1n) is 9.54. The van der Waals surface area contributed by atoms with Crippen LogP contribution in [0.4, 0.5) is 11.4 Å². The molecule has 174 valence electrons. The summed E-state index contributed by atoms with van der Waals surface area (Å²) in [5.41, 5.74) is 8.84. The number of nitrogens with two attached hydrogens (primary N) is 1. The third kappa shape index (κ3) is 6.23. The molecule has 0 saturated carbocycles. The van der Waals surface area contributed by atoms with E-state index in [2.05, 4.69) is 51.8 Å². The van der Waals surface area contributed by atoms with Gasteiger partial charge < -0.3 is 15.2 Å². The van der Waals surface area contributed by atoms with Gasteiger partial charge in [-0.2, -0.15) is 0 Å². The maximum absolute atomic E-state index is 11.0. The summed E-state index contributed by atoms with van der Waals surface area (Å²) in [6, 6.07) is 10.2. The van der Waals surface area contributed by atoms with Crippen LogP contribution in [0.25, 0.3) is 22.5 Å². The molecule has 4 heterocycles. The van der Waals surface area contributed by atoms with E-state index in [1.807, 2.05) is 12.1 Å². The zero-order chi connectivity index (χ0) is 24.7.